The lowest BCUT2D eigenvalue weighted by molar-refractivity contribution is -0.118. The summed E-state index contributed by atoms with van der Waals surface area (Å²) in [4.78, 5) is 21.1. The minimum Gasteiger partial charge on any atom is -0.481 e. The molecular weight excluding hydrogens is 444 g/mol. The van der Waals surface area contributed by atoms with Gasteiger partial charge in [0.2, 0.25) is 0 Å². The molecule has 11 heteroatoms. The molecule has 0 unspecified atom stereocenters. The van der Waals surface area contributed by atoms with Crippen molar-refractivity contribution >= 4 is 22.8 Å². The Labute approximate surface area is 191 Å². The molecule has 2 aromatic carbocycles. The molecule has 34 heavy (non-hydrogen) atoms. The molecule has 0 aliphatic carbocycles. The Balaban J connectivity index is 1.44. The fourth-order valence-electron chi connectivity index (χ4n) is 3.41. The van der Waals surface area contributed by atoms with E-state index in [1.54, 1.807) is 42.1 Å². The van der Waals surface area contributed by atoms with Crippen molar-refractivity contribution in [3.05, 3.63) is 84.4 Å². The summed E-state index contributed by atoms with van der Waals surface area (Å²) in [6.45, 7) is 1.37. The van der Waals surface area contributed by atoms with Crippen molar-refractivity contribution in [1.82, 2.24) is 29.5 Å². The summed E-state index contributed by atoms with van der Waals surface area (Å²) in [6.07, 6.45) is 2.92. The van der Waals surface area contributed by atoms with Gasteiger partial charge in [-0.3, -0.25) is 4.79 Å². The molecular formula is C23H17F2N7O2. The Morgan fingerprint density at radius 2 is 1.85 bits per heavy atom. The van der Waals surface area contributed by atoms with E-state index in [9.17, 15) is 13.6 Å². The summed E-state index contributed by atoms with van der Waals surface area (Å²) in [7, 11) is 0. The lowest BCUT2D eigenvalue weighted by atomic mass is 10.3. The molecule has 0 aliphatic rings. The average molecular weight is 461 g/mol. The molecule has 0 fully saturated rings. The van der Waals surface area contributed by atoms with Crippen LogP contribution < -0.4 is 10.1 Å². The number of carbonyl (C=O) groups is 1. The minimum atomic E-state index is -0.558. The van der Waals surface area contributed by atoms with Crippen molar-refractivity contribution in [2.75, 3.05) is 11.9 Å². The highest BCUT2D eigenvalue weighted by molar-refractivity contribution is 5.92. The summed E-state index contributed by atoms with van der Waals surface area (Å²) in [5, 5.41) is 12.1. The van der Waals surface area contributed by atoms with E-state index in [1.165, 1.54) is 41.3 Å². The van der Waals surface area contributed by atoms with Gasteiger partial charge in [-0.25, -0.2) is 23.4 Å². The molecule has 9 nitrogen and oxygen atoms in total. The maximum Gasteiger partial charge on any atom is 0.263 e. The maximum absolute atomic E-state index is 13.7. The molecule has 0 bridgehead atoms. The Morgan fingerprint density at radius 3 is 2.65 bits per heavy atom. The predicted octanol–water partition coefficient (Wildman–Crippen LogP) is 3.61. The first-order valence-corrected chi connectivity index (χ1v) is 10.2. The number of amides is 1. The van der Waals surface area contributed by atoms with Crippen LogP contribution in [0.5, 0.6) is 5.75 Å². The van der Waals surface area contributed by atoms with Gasteiger partial charge in [0, 0.05) is 6.07 Å². The van der Waals surface area contributed by atoms with Crippen LogP contribution >= 0.6 is 0 Å². The monoisotopic (exact) mass is 461 g/mol. The molecule has 3 aromatic heterocycles. The van der Waals surface area contributed by atoms with Gasteiger partial charge in [0.15, 0.2) is 29.6 Å². The summed E-state index contributed by atoms with van der Waals surface area (Å²) < 4.78 is 35.3. The van der Waals surface area contributed by atoms with Crippen molar-refractivity contribution in [2.24, 2.45) is 0 Å². The number of fused-ring (bicyclic) bond motifs is 1. The number of ether oxygens (including phenoxy) is 1. The van der Waals surface area contributed by atoms with E-state index >= 15 is 0 Å². The number of nitrogens with one attached hydrogen (secondary N) is 1. The van der Waals surface area contributed by atoms with Crippen molar-refractivity contribution in [3.8, 4) is 17.3 Å². The van der Waals surface area contributed by atoms with Crippen LogP contribution in [0.2, 0.25) is 0 Å². The van der Waals surface area contributed by atoms with Crippen LogP contribution in [0.15, 0.2) is 67.1 Å². The zero-order valence-corrected chi connectivity index (χ0v) is 17.8. The van der Waals surface area contributed by atoms with Gasteiger partial charge in [0.05, 0.1) is 23.0 Å². The molecule has 0 saturated heterocycles. The van der Waals surface area contributed by atoms with Gasteiger partial charge in [-0.1, -0.05) is 12.1 Å². The molecule has 3 heterocycles. The summed E-state index contributed by atoms with van der Waals surface area (Å²) in [6, 6.07) is 13.3. The second kappa shape index (κ2) is 8.70. The van der Waals surface area contributed by atoms with Gasteiger partial charge in [-0.2, -0.15) is 14.9 Å². The summed E-state index contributed by atoms with van der Waals surface area (Å²) >= 11 is 0. The standard InChI is InChI=1S/C23H17F2N7O2/c1-14-10-20(29-21(33)12-34-19-5-3-2-4-18(19)25)32(30-14)23-17-11-28-31(22(17)26-13-27-23)16-8-6-15(24)7-9-16/h2-11,13H,12H2,1H3,(H,29,33). The number of nitrogens with zero attached hydrogens (tertiary/aromatic N) is 6. The van der Waals surface area contributed by atoms with Crippen LogP contribution in [0.3, 0.4) is 0 Å². The molecule has 0 spiro atoms. The number of aryl methyl sites for hydroxylation is 1. The van der Waals surface area contributed by atoms with Crippen LogP contribution in [0, 0.1) is 18.6 Å². The molecule has 0 aliphatic heterocycles. The molecule has 5 aromatic rings. The number of para-hydroxylation sites is 1. The largest absolute Gasteiger partial charge is 0.481 e. The second-order valence-corrected chi connectivity index (χ2v) is 7.32. The Bertz CT molecular complexity index is 1500. The summed E-state index contributed by atoms with van der Waals surface area (Å²) in [5.41, 5.74) is 1.73. The van der Waals surface area contributed by atoms with Crippen LogP contribution in [0.25, 0.3) is 22.5 Å². The van der Waals surface area contributed by atoms with E-state index in [4.69, 9.17) is 4.74 Å². The number of benzene rings is 2. The van der Waals surface area contributed by atoms with Crippen LogP contribution in [0.4, 0.5) is 14.6 Å². The normalized spacial score (nSPS) is 11.0. The quantitative estimate of drug-likeness (QED) is 0.415. The van der Waals surface area contributed by atoms with Gasteiger partial charge >= 0.3 is 0 Å². The number of hydrogen-bond donors (Lipinski definition) is 1. The predicted molar refractivity (Wildman–Crippen MR) is 119 cm³/mol. The molecule has 0 saturated carbocycles. The lowest BCUT2D eigenvalue weighted by Crippen LogP contribution is -2.22. The fraction of sp³-hybridized carbons (Fsp3) is 0.0870. The van der Waals surface area contributed by atoms with Crippen molar-refractivity contribution < 1.29 is 18.3 Å². The Hall–Kier alpha value is -4.67. The molecule has 0 radical (unpaired) electrons. The number of aromatic nitrogens is 6. The van der Waals surface area contributed by atoms with Crippen molar-refractivity contribution in [3.63, 3.8) is 0 Å². The van der Waals surface area contributed by atoms with Crippen molar-refractivity contribution in [1.29, 1.82) is 0 Å². The lowest BCUT2D eigenvalue weighted by Gasteiger charge is -2.10. The molecule has 0 atom stereocenters. The molecule has 5 rings (SSSR count). The summed E-state index contributed by atoms with van der Waals surface area (Å²) in [5.74, 6) is -0.713. The van der Waals surface area contributed by atoms with Crippen LogP contribution in [0.1, 0.15) is 5.69 Å². The minimum absolute atomic E-state index is 0.0203. The Kier molecular flexibility index (Phi) is 5.42. The van der Waals surface area contributed by atoms with E-state index < -0.39 is 18.3 Å². The topological polar surface area (TPSA) is 99.7 Å². The smallest absolute Gasteiger partial charge is 0.263 e. The zero-order chi connectivity index (χ0) is 23.7. The maximum atomic E-state index is 13.7. The molecule has 170 valence electrons. The third-order valence-corrected chi connectivity index (χ3v) is 4.91. The highest BCUT2D eigenvalue weighted by Crippen LogP contribution is 2.24. The molecule has 1 amide bonds. The first-order chi connectivity index (χ1) is 16.5. The first kappa shape index (κ1) is 21.2. The first-order valence-electron chi connectivity index (χ1n) is 10.2. The zero-order valence-electron chi connectivity index (χ0n) is 17.8. The number of hydrogen-bond acceptors (Lipinski definition) is 6. The highest BCUT2D eigenvalue weighted by atomic mass is 19.1. The third kappa shape index (κ3) is 4.06. The average Bonchev–Trinajstić information content (AvgIpc) is 3.42. The van der Waals surface area contributed by atoms with E-state index in [-0.39, 0.29) is 11.6 Å². The van der Waals surface area contributed by atoms with Gasteiger partial charge in [-0.05, 0) is 43.3 Å². The van der Waals surface area contributed by atoms with Crippen LogP contribution in [-0.4, -0.2) is 42.0 Å². The number of halogens is 2. The third-order valence-electron chi connectivity index (χ3n) is 4.91. The van der Waals surface area contributed by atoms with E-state index in [1.807, 2.05) is 0 Å². The number of anilines is 1. The van der Waals surface area contributed by atoms with Crippen LogP contribution in [-0.2, 0) is 4.79 Å². The fourth-order valence-corrected chi connectivity index (χ4v) is 3.41. The van der Waals surface area contributed by atoms with Gasteiger partial charge in [0.1, 0.15) is 18.0 Å². The van der Waals surface area contributed by atoms with Gasteiger partial charge in [0.25, 0.3) is 5.91 Å². The van der Waals surface area contributed by atoms with E-state index in [0.29, 0.717) is 34.1 Å². The van der Waals surface area contributed by atoms with E-state index in [2.05, 4.69) is 25.5 Å². The molecule has 1 N–H and O–H groups in total. The second-order valence-electron chi connectivity index (χ2n) is 7.32. The van der Waals surface area contributed by atoms with Gasteiger partial charge < -0.3 is 10.1 Å². The number of rotatable bonds is 6. The highest BCUT2D eigenvalue weighted by Gasteiger charge is 2.18. The SMILES string of the molecule is Cc1cc(NC(=O)COc2ccccc2F)n(-c2ncnc3c2cnn3-c2ccc(F)cc2)n1. The Morgan fingerprint density at radius 1 is 1.06 bits per heavy atom. The van der Waals surface area contributed by atoms with E-state index in [0.717, 1.165) is 0 Å². The number of carbonyl (C=O) groups excluding carboxylic acids is 1. The van der Waals surface area contributed by atoms with Crippen molar-refractivity contribution in [2.45, 2.75) is 6.92 Å². The van der Waals surface area contributed by atoms with Gasteiger partial charge in [-0.15, -0.1) is 0 Å².